The van der Waals surface area contributed by atoms with Crippen molar-refractivity contribution in [2.24, 2.45) is 0 Å². The highest BCUT2D eigenvalue weighted by atomic mass is 32.2. The molecule has 0 atom stereocenters. The van der Waals surface area contributed by atoms with Crippen LogP contribution in [0.15, 0.2) is 41.6 Å². The summed E-state index contributed by atoms with van der Waals surface area (Å²) < 4.78 is 26.6. The molecule has 1 aromatic carbocycles. The van der Waals surface area contributed by atoms with E-state index in [9.17, 15) is 13.6 Å². The topological polar surface area (TPSA) is 53.4 Å². The van der Waals surface area contributed by atoms with Gasteiger partial charge in [0.2, 0.25) is 0 Å². The first-order chi connectivity index (χ1) is 12.6. The minimum Gasteiger partial charge on any atom is -0.322 e. The molecule has 1 aromatic heterocycles. The fourth-order valence-corrected chi connectivity index (χ4v) is 3.32. The summed E-state index contributed by atoms with van der Waals surface area (Å²) in [6.07, 6.45) is 4.65. The molecule has 2 heterocycles. The molecule has 1 saturated heterocycles. The van der Waals surface area contributed by atoms with E-state index in [1.165, 1.54) is 12.4 Å². The molecule has 1 aliphatic rings. The Balaban J connectivity index is 1.51. The normalized spacial score (nSPS) is 15.5. The minimum atomic E-state index is -2.59. The van der Waals surface area contributed by atoms with Gasteiger partial charge in [-0.15, -0.1) is 11.8 Å². The van der Waals surface area contributed by atoms with Gasteiger partial charge in [-0.1, -0.05) is 6.07 Å². The Hall–Kier alpha value is -2.13. The summed E-state index contributed by atoms with van der Waals surface area (Å²) in [7, 11) is 0. The Kier molecular flexibility index (Phi) is 6.10. The molecule has 2 aromatic rings. The average molecular weight is 381 g/mol. The molecular formula is C17H21F2N5OS. The number of alkyl halides is 2. The van der Waals surface area contributed by atoms with Crippen LogP contribution in [0.2, 0.25) is 0 Å². The van der Waals surface area contributed by atoms with E-state index >= 15 is 0 Å². The predicted molar refractivity (Wildman–Crippen MR) is 97.6 cm³/mol. The number of amides is 2. The third-order valence-corrected chi connectivity index (χ3v) is 5.03. The number of carbonyl (C=O) groups excluding carboxylic acids is 1. The van der Waals surface area contributed by atoms with Crippen LogP contribution >= 0.6 is 11.8 Å². The fourth-order valence-electron chi connectivity index (χ4n) is 2.86. The zero-order chi connectivity index (χ0) is 18.5. The van der Waals surface area contributed by atoms with Crippen LogP contribution in [0.5, 0.6) is 0 Å². The van der Waals surface area contributed by atoms with Crippen molar-refractivity contribution in [3.05, 3.63) is 42.5 Å². The first-order valence-corrected chi connectivity index (χ1v) is 9.51. The number of hydrogen-bond acceptors (Lipinski definition) is 4. The number of anilines is 1. The lowest BCUT2D eigenvalue weighted by atomic mass is 10.3. The van der Waals surface area contributed by atoms with Gasteiger partial charge in [-0.3, -0.25) is 9.47 Å². The zero-order valence-corrected chi connectivity index (χ0v) is 15.3. The molecule has 1 aliphatic heterocycles. The molecule has 3 rings (SSSR count). The molecule has 9 heteroatoms. The summed E-state index contributed by atoms with van der Waals surface area (Å²) in [5, 5.41) is 2.91. The van der Waals surface area contributed by atoms with Gasteiger partial charge in [-0.2, -0.15) is 8.78 Å². The third kappa shape index (κ3) is 4.53. The number of rotatable bonds is 5. The number of urea groups is 1. The third-order valence-electron chi connectivity index (χ3n) is 4.30. The highest BCUT2D eigenvalue weighted by Crippen LogP contribution is 2.20. The highest BCUT2D eigenvalue weighted by molar-refractivity contribution is 7.98. The van der Waals surface area contributed by atoms with Crippen molar-refractivity contribution in [1.29, 1.82) is 0 Å². The molecule has 140 valence electrons. The number of carbonyl (C=O) groups is 1. The second-order valence-electron chi connectivity index (χ2n) is 5.95. The largest absolute Gasteiger partial charge is 0.322 e. The van der Waals surface area contributed by atoms with Gasteiger partial charge in [0.25, 0.3) is 0 Å². The number of hydrogen-bond donors (Lipinski definition) is 1. The lowest BCUT2D eigenvalue weighted by Crippen LogP contribution is -2.49. The van der Waals surface area contributed by atoms with Crippen molar-refractivity contribution >= 4 is 23.5 Å². The molecule has 0 spiro atoms. The van der Waals surface area contributed by atoms with Gasteiger partial charge in [0.15, 0.2) is 0 Å². The van der Waals surface area contributed by atoms with Crippen molar-refractivity contribution < 1.29 is 13.6 Å². The fraction of sp³-hybridized carbons (Fsp3) is 0.412. The summed E-state index contributed by atoms with van der Waals surface area (Å²) in [6, 6.07) is 7.55. The smallest absolute Gasteiger partial charge is 0.321 e. The maximum atomic E-state index is 12.9. The van der Waals surface area contributed by atoms with Crippen LogP contribution in [-0.4, -0.2) is 57.8 Å². The van der Waals surface area contributed by atoms with Crippen molar-refractivity contribution in [2.75, 3.05) is 37.8 Å². The zero-order valence-electron chi connectivity index (χ0n) is 14.4. The van der Waals surface area contributed by atoms with Gasteiger partial charge >= 0.3 is 12.6 Å². The molecule has 26 heavy (non-hydrogen) atoms. The lowest BCUT2D eigenvalue weighted by molar-refractivity contribution is 0.0620. The summed E-state index contributed by atoms with van der Waals surface area (Å²) in [5.41, 5.74) is 0.767. The van der Waals surface area contributed by atoms with Gasteiger partial charge in [0.05, 0.1) is 6.54 Å². The van der Waals surface area contributed by atoms with Gasteiger partial charge < -0.3 is 10.2 Å². The quantitative estimate of drug-likeness (QED) is 0.807. The van der Waals surface area contributed by atoms with E-state index in [0.29, 0.717) is 38.5 Å². The van der Waals surface area contributed by atoms with Crippen molar-refractivity contribution in [3.63, 3.8) is 0 Å². The number of thioether (sulfide) groups is 1. The van der Waals surface area contributed by atoms with Gasteiger partial charge in [-0.05, 0) is 24.5 Å². The molecule has 1 N–H and O–H groups in total. The second-order valence-corrected chi connectivity index (χ2v) is 6.83. The number of benzene rings is 1. The van der Waals surface area contributed by atoms with E-state index in [4.69, 9.17) is 0 Å². The molecule has 2 amide bonds. The van der Waals surface area contributed by atoms with Gasteiger partial charge in [0, 0.05) is 49.2 Å². The van der Waals surface area contributed by atoms with Crippen LogP contribution in [0.25, 0.3) is 0 Å². The number of aromatic nitrogens is 2. The molecule has 0 radical (unpaired) electrons. The number of imidazole rings is 1. The molecule has 0 aliphatic carbocycles. The Labute approximate surface area is 155 Å². The van der Waals surface area contributed by atoms with Crippen LogP contribution in [0.4, 0.5) is 19.3 Å². The lowest BCUT2D eigenvalue weighted by Gasteiger charge is -2.34. The summed E-state index contributed by atoms with van der Waals surface area (Å²) in [4.78, 5) is 21.3. The standard InChI is InChI=1S/C17H21F2N5OS/c1-26-14-4-2-3-13(11-14)21-17(25)23-9-7-22(8-10-23)12-15-20-5-6-24(15)16(18)19/h2-6,11,16H,7-10,12H2,1H3,(H,21,25). The molecule has 6 nitrogen and oxygen atoms in total. The molecule has 0 bridgehead atoms. The predicted octanol–water partition coefficient (Wildman–Crippen LogP) is 3.35. The molecular weight excluding hydrogens is 360 g/mol. The summed E-state index contributed by atoms with van der Waals surface area (Å²) in [5.74, 6) is 0.340. The maximum Gasteiger partial charge on any atom is 0.321 e. The van der Waals surface area contributed by atoms with Gasteiger partial charge in [-0.25, -0.2) is 9.78 Å². The van der Waals surface area contributed by atoms with E-state index in [1.54, 1.807) is 16.7 Å². The number of nitrogens with one attached hydrogen (secondary N) is 1. The van der Waals surface area contributed by atoms with E-state index in [1.807, 2.05) is 35.4 Å². The Morgan fingerprint density at radius 2 is 2.08 bits per heavy atom. The SMILES string of the molecule is CSc1cccc(NC(=O)N2CCN(Cc3nccn3C(F)F)CC2)c1. The molecule has 0 saturated carbocycles. The van der Waals surface area contributed by atoms with Crippen molar-refractivity contribution in [3.8, 4) is 0 Å². The molecule has 1 fully saturated rings. The highest BCUT2D eigenvalue weighted by Gasteiger charge is 2.23. The van der Waals surface area contributed by atoms with Crippen LogP contribution in [-0.2, 0) is 6.54 Å². The average Bonchev–Trinajstić information content (AvgIpc) is 3.11. The Morgan fingerprint density at radius 3 is 2.77 bits per heavy atom. The first kappa shape index (κ1) is 18.7. The summed E-state index contributed by atoms with van der Waals surface area (Å²) in [6.45, 7) is 0.0923. The van der Waals surface area contributed by atoms with E-state index in [-0.39, 0.29) is 6.03 Å². The Morgan fingerprint density at radius 1 is 1.31 bits per heavy atom. The van der Waals surface area contributed by atoms with E-state index in [2.05, 4.69) is 10.3 Å². The van der Waals surface area contributed by atoms with Gasteiger partial charge in [0.1, 0.15) is 5.82 Å². The minimum absolute atomic E-state index is 0.142. The number of piperazine rings is 1. The summed E-state index contributed by atoms with van der Waals surface area (Å²) >= 11 is 1.62. The van der Waals surface area contributed by atoms with Crippen LogP contribution < -0.4 is 5.32 Å². The second kappa shape index (κ2) is 8.50. The number of halogens is 2. The van der Waals surface area contributed by atoms with Crippen molar-refractivity contribution in [2.45, 2.75) is 18.0 Å². The van der Waals surface area contributed by atoms with Crippen LogP contribution in [0.1, 0.15) is 12.4 Å². The van der Waals surface area contributed by atoms with Crippen molar-refractivity contribution in [1.82, 2.24) is 19.4 Å². The Bertz CT molecular complexity index is 746. The number of nitrogens with zero attached hydrogens (tertiary/aromatic N) is 4. The maximum absolute atomic E-state index is 12.9. The van der Waals surface area contributed by atoms with Crippen LogP contribution in [0.3, 0.4) is 0 Å². The van der Waals surface area contributed by atoms with Crippen LogP contribution in [0, 0.1) is 0 Å². The monoisotopic (exact) mass is 381 g/mol. The first-order valence-electron chi connectivity index (χ1n) is 8.29. The van der Waals surface area contributed by atoms with E-state index < -0.39 is 6.55 Å². The molecule has 0 unspecified atom stereocenters. The van der Waals surface area contributed by atoms with E-state index in [0.717, 1.165) is 15.1 Å².